The van der Waals surface area contributed by atoms with Crippen LogP contribution in [0.4, 0.5) is 5.69 Å². The summed E-state index contributed by atoms with van der Waals surface area (Å²) in [6.07, 6.45) is 3.42. The molecule has 144 valence electrons. The van der Waals surface area contributed by atoms with E-state index in [2.05, 4.69) is 4.98 Å². The van der Waals surface area contributed by atoms with E-state index in [0.717, 1.165) is 5.56 Å². The number of anilines is 1. The molecule has 0 fully saturated rings. The fraction of sp³-hybridized carbons (Fsp3) is 0.238. The zero-order valence-electron chi connectivity index (χ0n) is 15.8. The molecule has 2 aromatic rings. The Labute approximate surface area is 162 Å². The second kappa shape index (κ2) is 8.14. The standard InChI is InChI=1S/C21H21N3O4/c1-13(25)24(12-14-6-9-23-10-7-14)19-16(8-11-28-2)20(26)18-15(21(19)27)4-3-5-17(18)22/h3-7,9-10H,8,11-12,22H2,1-2H3. The number of benzene rings is 1. The number of pyridine rings is 1. The number of ether oxygens (including phenoxy) is 1. The number of methoxy groups -OCH3 is 1. The van der Waals surface area contributed by atoms with E-state index in [1.165, 1.54) is 18.9 Å². The number of ketones is 2. The van der Waals surface area contributed by atoms with Gasteiger partial charge in [-0.25, -0.2) is 0 Å². The molecule has 2 N–H and O–H groups in total. The van der Waals surface area contributed by atoms with E-state index in [1.54, 1.807) is 42.7 Å². The van der Waals surface area contributed by atoms with Crippen molar-refractivity contribution in [2.45, 2.75) is 19.9 Å². The van der Waals surface area contributed by atoms with Crippen molar-refractivity contribution in [2.75, 3.05) is 19.5 Å². The van der Waals surface area contributed by atoms with E-state index >= 15 is 0 Å². The third kappa shape index (κ3) is 3.57. The topological polar surface area (TPSA) is 103 Å². The number of hydrogen-bond donors (Lipinski definition) is 1. The van der Waals surface area contributed by atoms with E-state index < -0.39 is 5.78 Å². The summed E-state index contributed by atoms with van der Waals surface area (Å²) in [5.41, 5.74) is 7.74. The van der Waals surface area contributed by atoms with Gasteiger partial charge in [0.25, 0.3) is 0 Å². The van der Waals surface area contributed by atoms with Gasteiger partial charge in [-0.05, 0) is 23.8 Å². The summed E-state index contributed by atoms with van der Waals surface area (Å²) in [7, 11) is 1.51. The average molecular weight is 379 g/mol. The highest BCUT2D eigenvalue weighted by molar-refractivity contribution is 6.29. The Kier molecular flexibility index (Phi) is 5.65. The van der Waals surface area contributed by atoms with E-state index in [-0.39, 0.29) is 59.3 Å². The van der Waals surface area contributed by atoms with Crippen LogP contribution in [0.5, 0.6) is 0 Å². The third-order valence-electron chi connectivity index (χ3n) is 4.64. The number of nitrogens with zero attached hydrogens (tertiary/aromatic N) is 2. The Morgan fingerprint density at radius 1 is 1.14 bits per heavy atom. The number of amides is 1. The molecule has 1 heterocycles. The summed E-state index contributed by atoms with van der Waals surface area (Å²) in [5, 5.41) is 0. The summed E-state index contributed by atoms with van der Waals surface area (Å²) in [6, 6.07) is 8.28. The highest BCUT2D eigenvalue weighted by Gasteiger charge is 2.37. The van der Waals surface area contributed by atoms with Gasteiger partial charge in [0.15, 0.2) is 5.78 Å². The van der Waals surface area contributed by atoms with Gasteiger partial charge in [-0.3, -0.25) is 19.4 Å². The van der Waals surface area contributed by atoms with Crippen molar-refractivity contribution in [3.05, 3.63) is 70.7 Å². The van der Waals surface area contributed by atoms with Crippen LogP contribution in [-0.2, 0) is 16.1 Å². The Hall–Kier alpha value is -3.32. The predicted molar refractivity (Wildman–Crippen MR) is 103 cm³/mol. The van der Waals surface area contributed by atoms with Gasteiger partial charge in [-0.15, -0.1) is 0 Å². The van der Waals surface area contributed by atoms with Gasteiger partial charge in [-0.2, -0.15) is 0 Å². The van der Waals surface area contributed by atoms with Crippen LogP contribution < -0.4 is 5.73 Å². The monoisotopic (exact) mass is 379 g/mol. The first-order valence-corrected chi connectivity index (χ1v) is 8.82. The fourth-order valence-corrected chi connectivity index (χ4v) is 3.28. The van der Waals surface area contributed by atoms with Gasteiger partial charge in [0.05, 0.1) is 24.4 Å². The first-order valence-electron chi connectivity index (χ1n) is 8.82. The SMILES string of the molecule is COCCC1=C(N(Cc2ccncc2)C(C)=O)C(=O)c2cccc(N)c2C1=O. The molecule has 1 aromatic heterocycles. The van der Waals surface area contributed by atoms with Crippen LogP contribution >= 0.6 is 0 Å². The molecule has 1 aromatic carbocycles. The van der Waals surface area contributed by atoms with Crippen LogP contribution in [-0.4, -0.2) is 41.1 Å². The minimum Gasteiger partial charge on any atom is -0.398 e. The van der Waals surface area contributed by atoms with E-state index in [0.29, 0.717) is 0 Å². The molecule has 0 aliphatic heterocycles. The van der Waals surface area contributed by atoms with Gasteiger partial charge in [0.2, 0.25) is 11.7 Å². The highest BCUT2D eigenvalue weighted by atomic mass is 16.5. The minimum atomic E-state index is -0.391. The number of carbonyl (C=O) groups is 3. The zero-order valence-corrected chi connectivity index (χ0v) is 15.8. The Balaban J connectivity index is 2.15. The maximum absolute atomic E-state index is 13.3. The summed E-state index contributed by atoms with van der Waals surface area (Å²) in [4.78, 5) is 44.3. The second-order valence-electron chi connectivity index (χ2n) is 6.46. The summed E-state index contributed by atoms with van der Waals surface area (Å²) in [6.45, 7) is 1.76. The van der Waals surface area contributed by atoms with Crippen LogP contribution in [0, 0.1) is 0 Å². The van der Waals surface area contributed by atoms with Crippen molar-refractivity contribution in [1.82, 2.24) is 9.88 Å². The number of allylic oxidation sites excluding steroid dienone is 1. The van der Waals surface area contributed by atoms with Gasteiger partial charge in [-0.1, -0.05) is 12.1 Å². The van der Waals surface area contributed by atoms with Gasteiger partial charge >= 0.3 is 0 Å². The van der Waals surface area contributed by atoms with E-state index in [9.17, 15) is 14.4 Å². The number of rotatable bonds is 6. The lowest BCUT2D eigenvalue weighted by Crippen LogP contribution is -2.37. The van der Waals surface area contributed by atoms with E-state index in [4.69, 9.17) is 10.5 Å². The van der Waals surface area contributed by atoms with Gasteiger partial charge in [0, 0.05) is 49.7 Å². The number of fused-ring (bicyclic) bond motifs is 1. The number of nitrogens with two attached hydrogens (primary N) is 1. The number of Topliss-reactive ketones (excluding diaryl/α,β-unsaturated/α-hetero) is 2. The summed E-state index contributed by atoms with van der Waals surface area (Å²) < 4.78 is 5.11. The molecule has 28 heavy (non-hydrogen) atoms. The first kappa shape index (κ1) is 19.4. The number of hydrogen-bond acceptors (Lipinski definition) is 6. The van der Waals surface area contributed by atoms with Crippen molar-refractivity contribution in [3.8, 4) is 0 Å². The minimum absolute atomic E-state index is 0.0875. The van der Waals surface area contributed by atoms with Crippen molar-refractivity contribution in [1.29, 1.82) is 0 Å². The van der Waals surface area contributed by atoms with Crippen LogP contribution in [0.15, 0.2) is 54.0 Å². The average Bonchev–Trinajstić information content (AvgIpc) is 2.68. The van der Waals surface area contributed by atoms with E-state index in [1.807, 2.05) is 0 Å². The first-order chi connectivity index (χ1) is 13.5. The molecule has 1 amide bonds. The molecule has 0 spiro atoms. The highest BCUT2D eigenvalue weighted by Crippen LogP contribution is 2.33. The lowest BCUT2D eigenvalue weighted by Gasteiger charge is -2.30. The largest absolute Gasteiger partial charge is 0.398 e. The lowest BCUT2D eigenvalue weighted by atomic mass is 9.84. The number of carbonyl (C=O) groups excluding carboxylic acids is 3. The van der Waals surface area contributed by atoms with Crippen molar-refractivity contribution < 1.29 is 19.1 Å². The molecular formula is C21H21N3O4. The van der Waals surface area contributed by atoms with Crippen LogP contribution in [0.2, 0.25) is 0 Å². The van der Waals surface area contributed by atoms with Crippen molar-refractivity contribution in [2.24, 2.45) is 0 Å². The summed E-state index contributed by atoms with van der Waals surface area (Å²) >= 11 is 0. The Bertz CT molecular complexity index is 967. The normalized spacial score (nSPS) is 13.5. The molecular weight excluding hydrogens is 358 g/mol. The maximum atomic E-state index is 13.3. The zero-order chi connectivity index (χ0) is 20.3. The molecule has 0 atom stereocenters. The molecule has 0 unspecified atom stereocenters. The maximum Gasteiger partial charge on any atom is 0.224 e. The van der Waals surface area contributed by atoms with Crippen LogP contribution in [0.1, 0.15) is 39.6 Å². The third-order valence-corrected chi connectivity index (χ3v) is 4.64. The molecule has 0 bridgehead atoms. The molecule has 0 radical (unpaired) electrons. The molecule has 1 aliphatic rings. The Morgan fingerprint density at radius 3 is 2.50 bits per heavy atom. The molecule has 3 rings (SSSR count). The smallest absolute Gasteiger partial charge is 0.224 e. The second-order valence-corrected chi connectivity index (χ2v) is 6.46. The van der Waals surface area contributed by atoms with Crippen LogP contribution in [0.25, 0.3) is 0 Å². The molecule has 0 saturated heterocycles. The number of aromatic nitrogens is 1. The molecule has 0 saturated carbocycles. The van der Waals surface area contributed by atoms with Crippen molar-refractivity contribution in [3.63, 3.8) is 0 Å². The predicted octanol–water partition coefficient (Wildman–Crippen LogP) is 2.38. The fourth-order valence-electron chi connectivity index (χ4n) is 3.28. The van der Waals surface area contributed by atoms with Gasteiger partial charge < -0.3 is 15.4 Å². The quantitative estimate of drug-likeness (QED) is 0.773. The molecule has 7 heteroatoms. The summed E-state index contributed by atoms with van der Waals surface area (Å²) in [5.74, 6) is -1.08. The lowest BCUT2D eigenvalue weighted by molar-refractivity contribution is -0.127. The van der Waals surface area contributed by atoms with Gasteiger partial charge in [0.1, 0.15) is 0 Å². The van der Waals surface area contributed by atoms with Crippen LogP contribution in [0.3, 0.4) is 0 Å². The Morgan fingerprint density at radius 2 is 1.86 bits per heavy atom. The van der Waals surface area contributed by atoms with Crippen molar-refractivity contribution >= 4 is 23.2 Å². The molecule has 7 nitrogen and oxygen atoms in total. The molecule has 1 aliphatic carbocycles. The number of nitrogen functional groups attached to an aromatic ring is 1.